The first-order valence-electron chi connectivity index (χ1n) is 9.93. The van der Waals surface area contributed by atoms with E-state index in [-0.39, 0.29) is 17.3 Å². The Bertz CT molecular complexity index is 1150. The first-order valence-corrected chi connectivity index (χ1v) is 9.93. The first-order chi connectivity index (χ1) is 15.5. The number of fused-ring (bicyclic) bond motifs is 1. The van der Waals surface area contributed by atoms with E-state index in [9.17, 15) is 13.6 Å². The fourth-order valence-electron chi connectivity index (χ4n) is 3.61. The van der Waals surface area contributed by atoms with E-state index >= 15 is 0 Å². The van der Waals surface area contributed by atoms with Crippen LogP contribution in [0.15, 0.2) is 30.6 Å². The summed E-state index contributed by atoms with van der Waals surface area (Å²) in [5, 5.41) is 5.88. The molecule has 1 aliphatic heterocycles. The van der Waals surface area contributed by atoms with Crippen molar-refractivity contribution >= 4 is 17.3 Å². The third-order valence-corrected chi connectivity index (χ3v) is 5.08. The maximum absolute atomic E-state index is 14.3. The number of rotatable bonds is 8. The third kappa shape index (κ3) is 3.96. The number of nitrogens with one attached hydrogen (secondary N) is 3. The van der Waals surface area contributed by atoms with Crippen molar-refractivity contribution in [1.29, 1.82) is 0 Å². The fourth-order valence-corrected chi connectivity index (χ4v) is 3.61. The molecule has 3 aromatic rings. The van der Waals surface area contributed by atoms with Gasteiger partial charge in [0.15, 0.2) is 11.6 Å². The second kappa shape index (κ2) is 9.23. The standard InChI is InChI=1S/C22H22F2N4O4/c1-30-9-10-32-16-11-25-7-5-12(16)19-20(17-14(27-19)6-8-26-22(17)29)28-15-4-3-13(23)18(24)21(15)31-2/h3-5,7,11,27-28H,6,8-10H2,1-2H3,(H,26,29). The van der Waals surface area contributed by atoms with Crippen LogP contribution in [0.3, 0.4) is 0 Å². The lowest BCUT2D eigenvalue weighted by molar-refractivity contribution is 0.0947. The number of ether oxygens (including phenoxy) is 3. The number of nitrogens with zero attached hydrogens (tertiary/aromatic N) is 1. The Hall–Kier alpha value is -3.66. The molecule has 3 N–H and O–H groups in total. The number of carbonyl (C=O) groups is 1. The molecule has 8 nitrogen and oxygen atoms in total. The van der Waals surface area contributed by atoms with Gasteiger partial charge in [-0.15, -0.1) is 0 Å². The van der Waals surface area contributed by atoms with Gasteiger partial charge in [0.25, 0.3) is 5.91 Å². The molecule has 2 aromatic heterocycles. The number of hydrogen-bond donors (Lipinski definition) is 3. The highest BCUT2D eigenvalue weighted by Gasteiger charge is 2.29. The van der Waals surface area contributed by atoms with E-state index in [2.05, 4.69) is 20.6 Å². The largest absolute Gasteiger partial charge is 0.491 e. The predicted molar refractivity (Wildman–Crippen MR) is 114 cm³/mol. The summed E-state index contributed by atoms with van der Waals surface area (Å²) in [7, 11) is 2.82. The maximum Gasteiger partial charge on any atom is 0.255 e. The molecule has 0 aliphatic carbocycles. The second-order valence-electron chi connectivity index (χ2n) is 7.01. The summed E-state index contributed by atoms with van der Waals surface area (Å²) >= 11 is 0. The molecule has 1 aromatic carbocycles. The minimum absolute atomic E-state index is 0.170. The zero-order chi connectivity index (χ0) is 22.7. The molecule has 0 saturated carbocycles. The van der Waals surface area contributed by atoms with Crippen LogP contribution in [0.4, 0.5) is 20.2 Å². The van der Waals surface area contributed by atoms with Crippen molar-refractivity contribution in [1.82, 2.24) is 15.3 Å². The molecule has 0 fully saturated rings. The van der Waals surface area contributed by atoms with Gasteiger partial charge >= 0.3 is 0 Å². The van der Waals surface area contributed by atoms with Crippen molar-refractivity contribution < 1.29 is 27.8 Å². The average molecular weight is 444 g/mol. The van der Waals surface area contributed by atoms with Gasteiger partial charge < -0.3 is 29.8 Å². The molecule has 32 heavy (non-hydrogen) atoms. The highest BCUT2D eigenvalue weighted by Crippen LogP contribution is 2.42. The summed E-state index contributed by atoms with van der Waals surface area (Å²) in [6, 6.07) is 4.08. The minimum atomic E-state index is -1.12. The summed E-state index contributed by atoms with van der Waals surface area (Å²) in [5.41, 5.74) is 2.86. The zero-order valence-electron chi connectivity index (χ0n) is 17.6. The van der Waals surface area contributed by atoms with Crippen molar-refractivity contribution in [2.75, 3.05) is 39.3 Å². The number of pyridine rings is 1. The summed E-state index contributed by atoms with van der Waals surface area (Å²) in [6.45, 7) is 1.16. The number of H-pyrrole nitrogens is 1. The van der Waals surface area contributed by atoms with Gasteiger partial charge in [0.1, 0.15) is 12.4 Å². The Morgan fingerprint density at radius 1 is 1.19 bits per heavy atom. The Labute approximate surface area is 182 Å². The highest BCUT2D eigenvalue weighted by molar-refractivity contribution is 6.06. The van der Waals surface area contributed by atoms with Gasteiger partial charge in [-0.25, -0.2) is 4.39 Å². The van der Waals surface area contributed by atoms with Gasteiger partial charge in [0.2, 0.25) is 5.82 Å². The minimum Gasteiger partial charge on any atom is -0.491 e. The second-order valence-corrected chi connectivity index (χ2v) is 7.01. The van der Waals surface area contributed by atoms with Crippen molar-refractivity contribution in [3.63, 3.8) is 0 Å². The van der Waals surface area contributed by atoms with E-state index in [0.717, 1.165) is 6.07 Å². The Morgan fingerprint density at radius 3 is 2.81 bits per heavy atom. The van der Waals surface area contributed by atoms with E-state index in [1.165, 1.54) is 13.2 Å². The molecule has 10 heteroatoms. The summed E-state index contributed by atoms with van der Waals surface area (Å²) in [5.74, 6) is -2.27. The van der Waals surface area contributed by atoms with Crippen LogP contribution in [-0.2, 0) is 11.2 Å². The van der Waals surface area contributed by atoms with Crippen molar-refractivity contribution in [3.05, 3.63) is 53.5 Å². The molecule has 0 spiro atoms. The van der Waals surface area contributed by atoms with Crippen LogP contribution in [0.2, 0.25) is 0 Å². The number of hydrogen-bond acceptors (Lipinski definition) is 6. The van der Waals surface area contributed by atoms with Gasteiger partial charge in [0, 0.05) is 37.5 Å². The van der Waals surface area contributed by atoms with Crippen LogP contribution >= 0.6 is 0 Å². The molecular weight excluding hydrogens is 422 g/mol. The van der Waals surface area contributed by atoms with Crippen LogP contribution in [0.25, 0.3) is 11.3 Å². The van der Waals surface area contributed by atoms with Gasteiger partial charge in [-0.1, -0.05) is 0 Å². The van der Waals surface area contributed by atoms with Gasteiger partial charge in [-0.3, -0.25) is 9.78 Å². The van der Waals surface area contributed by atoms with Crippen molar-refractivity contribution in [2.45, 2.75) is 6.42 Å². The molecular formula is C22H22F2N4O4. The van der Waals surface area contributed by atoms with Crippen LogP contribution in [0, 0.1) is 11.6 Å². The van der Waals surface area contributed by atoms with Gasteiger partial charge in [0.05, 0.1) is 42.5 Å². The van der Waals surface area contributed by atoms with Crippen LogP contribution in [0.5, 0.6) is 11.5 Å². The number of amides is 1. The SMILES string of the molecule is COCCOc1cnccc1-c1[nH]c2c(c1Nc1ccc(F)c(F)c1OC)C(=O)NCC2. The van der Waals surface area contributed by atoms with Gasteiger partial charge in [-0.2, -0.15) is 4.39 Å². The molecule has 3 heterocycles. The molecule has 168 valence electrons. The van der Waals surface area contributed by atoms with E-state index in [1.54, 1.807) is 25.6 Å². The number of aromatic amines is 1. The quantitative estimate of drug-likeness (QED) is 0.461. The van der Waals surface area contributed by atoms with Crippen LogP contribution < -0.4 is 20.1 Å². The number of aromatic nitrogens is 2. The lowest BCUT2D eigenvalue weighted by Crippen LogP contribution is -2.31. The normalized spacial score (nSPS) is 12.8. The topological polar surface area (TPSA) is 97.5 Å². The number of anilines is 2. The smallest absolute Gasteiger partial charge is 0.255 e. The third-order valence-electron chi connectivity index (χ3n) is 5.08. The Balaban J connectivity index is 1.85. The Morgan fingerprint density at radius 2 is 2.03 bits per heavy atom. The number of benzene rings is 1. The van der Waals surface area contributed by atoms with Gasteiger partial charge in [-0.05, 0) is 18.2 Å². The van der Waals surface area contributed by atoms with Crippen molar-refractivity contribution in [2.24, 2.45) is 0 Å². The molecule has 0 unspecified atom stereocenters. The van der Waals surface area contributed by atoms with Crippen LogP contribution in [-0.4, -0.2) is 49.9 Å². The Kier molecular flexibility index (Phi) is 6.22. The molecule has 0 atom stereocenters. The monoisotopic (exact) mass is 444 g/mol. The molecule has 0 radical (unpaired) electrons. The van der Waals surface area contributed by atoms with E-state index in [1.807, 2.05) is 0 Å². The summed E-state index contributed by atoms with van der Waals surface area (Å²) in [4.78, 5) is 20.1. The molecule has 0 bridgehead atoms. The molecule has 1 amide bonds. The summed E-state index contributed by atoms with van der Waals surface area (Å²) < 4.78 is 43.9. The summed E-state index contributed by atoms with van der Waals surface area (Å²) in [6.07, 6.45) is 3.74. The highest BCUT2D eigenvalue weighted by atomic mass is 19.2. The fraction of sp³-hybridized carbons (Fsp3) is 0.273. The lowest BCUT2D eigenvalue weighted by atomic mass is 10.0. The number of carbonyl (C=O) groups excluding carboxylic acids is 1. The van der Waals surface area contributed by atoms with Crippen LogP contribution in [0.1, 0.15) is 16.1 Å². The van der Waals surface area contributed by atoms with E-state index in [4.69, 9.17) is 14.2 Å². The first kappa shape index (κ1) is 21.6. The maximum atomic E-state index is 14.3. The molecule has 0 saturated heterocycles. The number of methoxy groups -OCH3 is 2. The van der Waals surface area contributed by atoms with E-state index in [0.29, 0.717) is 60.1 Å². The predicted octanol–water partition coefficient (Wildman–Crippen LogP) is 3.42. The molecule has 4 rings (SSSR count). The van der Waals surface area contributed by atoms with E-state index < -0.39 is 11.6 Å². The number of halogens is 2. The zero-order valence-corrected chi connectivity index (χ0v) is 17.6. The average Bonchev–Trinajstić information content (AvgIpc) is 3.16. The molecule has 1 aliphatic rings. The lowest BCUT2D eigenvalue weighted by Gasteiger charge is -2.17. The van der Waals surface area contributed by atoms with Crippen molar-refractivity contribution in [3.8, 4) is 22.8 Å².